The summed E-state index contributed by atoms with van der Waals surface area (Å²) in [6, 6.07) is 9.16. The highest BCUT2D eigenvalue weighted by Gasteiger charge is 2.26. The summed E-state index contributed by atoms with van der Waals surface area (Å²) < 4.78 is 5.30. The third-order valence-corrected chi connectivity index (χ3v) is 4.98. The predicted molar refractivity (Wildman–Crippen MR) is 100 cm³/mol. The van der Waals surface area contributed by atoms with Gasteiger partial charge in [-0.05, 0) is 44.4 Å². The summed E-state index contributed by atoms with van der Waals surface area (Å²) >= 11 is 0. The number of rotatable bonds is 7. The van der Waals surface area contributed by atoms with E-state index >= 15 is 0 Å². The minimum absolute atomic E-state index is 0.119. The molecule has 24 heavy (non-hydrogen) atoms. The monoisotopic (exact) mass is 325 g/mol. The van der Waals surface area contributed by atoms with Crippen molar-refractivity contribution in [1.29, 1.82) is 5.41 Å². The molecule has 1 atom stereocenters. The van der Waals surface area contributed by atoms with E-state index in [1.54, 1.807) is 7.11 Å². The van der Waals surface area contributed by atoms with E-state index in [1.807, 2.05) is 13.0 Å². The minimum atomic E-state index is 0.119. The van der Waals surface area contributed by atoms with E-state index in [0.717, 1.165) is 28.6 Å². The predicted octanol–water partition coefficient (Wildman–Crippen LogP) is 4.18. The lowest BCUT2D eigenvalue weighted by atomic mass is 9.92. The van der Waals surface area contributed by atoms with Crippen LogP contribution in [0, 0.1) is 18.3 Å². The molecule has 128 valence electrons. The fourth-order valence-corrected chi connectivity index (χ4v) is 3.29. The molecule has 0 bridgehead atoms. The summed E-state index contributed by atoms with van der Waals surface area (Å²) in [7, 11) is 3.86. The van der Waals surface area contributed by atoms with Crippen molar-refractivity contribution in [3.8, 4) is 0 Å². The maximum Gasteiger partial charge on any atom is 0.0732 e. The number of ether oxygens (including phenoxy) is 1. The Labute approximate surface area is 144 Å². The Morgan fingerprint density at radius 2 is 2.12 bits per heavy atom. The molecule has 0 aliphatic heterocycles. The Kier molecular flexibility index (Phi) is 4.86. The lowest BCUT2D eigenvalue weighted by molar-refractivity contribution is 0.174. The van der Waals surface area contributed by atoms with E-state index in [-0.39, 0.29) is 5.92 Å². The SMILES string of the molecule is CC[C@H](COC)C(=N)c1cc(C)nc2cc(N(C)C3CC3)ccc12. The van der Waals surface area contributed by atoms with Gasteiger partial charge < -0.3 is 15.0 Å². The first-order chi connectivity index (χ1) is 11.5. The zero-order valence-electron chi connectivity index (χ0n) is 15.1. The van der Waals surface area contributed by atoms with Crippen molar-refractivity contribution in [2.75, 3.05) is 25.7 Å². The molecular formula is C20H27N3O. The summed E-state index contributed by atoms with van der Waals surface area (Å²) in [5, 5.41) is 9.73. The van der Waals surface area contributed by atoms with Crippen LogP contribution in [0.5, 0.6) is 0 Å². The second kappa shape index (κ2) is 6.89. The summed E-state index contributed by atoms with van der Waals surface area (Å²) in [6.45, 7) is 4.70. The van der Waals surface area contributed by atoms with Gasteiger partial charge in [0, 0.05) is 54.2 Å². The molecular weight excluding hydrogens is 298 g/mol. The smallest absolute Gasteiger partial charge is 0.0732 e. The second-order valence-corrected chi connectivity index (χ2v) is 6.83. The van der Waals surface area contributed by atoms with E-state index in [1.165, 1.54) is 18.5 Å². The Balaban J connectivity index is 2.03. The van der Waals surface area contributed by atoms with E-state index in [4.69, 9.17) is 15.1 Å². The molecule has 1 fully saturated rings. The van der Waals surface area contributed by atoms with E-state index < -0.39 is 0 Å². The van der Waals surface area contributed by atoms with Gasteiger partial charge >= 0.3 is 0 Å². The Bertz CT molecular complexity index is 752. The van der Waals surface area contributed by atoms with Crippen molar-refractivity contribution >= 4 is 22.3 Å². The normalized spacial score (nSPS) is 15.5. The Morgan fingerprint density at radius 3 is 2.75 bits per heavy atom. The number of anilines is 1. The van der Waals surface area contributed by atoms with Crippen molar-refractivity contribution < 1.29 is 4.74 Å². The average Bonchev–Trinajstić information content (AvgIpc) is 3.42. The third-order valence-electron chi connectivity index (χ3n) is 4.98. The largest absolute Gasteiger partial charge is 0.384 e. The molecule has 0 spiro atoms. The molecule has 3 rings (SSSR count). The molecule has 1 saturated carbocycles. The van der Waals surface area contributed by atoms with Gasteiger partial charge in [-0.2, -0.15) is 0 Å². The van der Waals surface area contributed by atoms with E-state index in [2.05, 4.69) is 37.1 Å². The summed E-state index contributed by atoms with van der Waals surface area (Å²) in [6.07, 6.45) is 3.46. The van der Waals surface area contributed by atoms with Crippen LogP contribution in [0.1, 0.15) is 37.4 Å². The van der Waals surface area contributed by atoms with Gasteiger partial charge in [-0.25, -0.2) is 0 Å². The number of nitrogens with zero attached hydrogens (tertiary/aromatic N) is 2. The fourth-order valence-electron chi connectivity index (χ4n) is 3.29. The summed E-state index contributed by atoms with van der Waals surface area (Å²) in [5.74, 6) is 0.119. The molecule has 1 heterocycles. The van der Waals surface area contributed by atoms with Crippen LogP contribution in [0.15, 0.2) is 24.3 Å². The van der Waals surface area contributed by atoms with Gasteiger partial charge in [0.1, 0.15) is 0 Å². The minimum Gasteiger partial charge on any atom is -0.384 e. The summed E-state index contributed by atoms with van der Waals surface area (Å²) in [4.78, 5) is 7.06. The van der Waals surface area contributed by atoms with Crippen molar-refractivity contribution in [2.24, 2.45) is 5.92 Å². The van der Waals surface area contributed by atoms with Crippen molar-refractivity contribution in [1.82, 2.24) is 4.98 Å². The summed E-state index contributed by atoms with van der Waals surface area (Å²) in [5.41, 5.74) is 4.79. The number of aromatic nitrogens is 1. The van der Waals surface area contributed by atoms with Crippen LogP contribution in [0.4, 0.5) is 5.69 Å². The molecule has 0 radical (unpaired) electrons. The van der Waals surface area contributed by atoms with Crippen LogP contribution in [-0.4, -0.2) is 37.5 Å². The quantitative estimate of drug-likeness (QED) is 0.777. The maximum absolute atomic E-state index is 8.67. The average molecular weight is 325 g/mol. The molecule has 0 unspecified atom stereocenters. The Hall–Kier alpha value is -1.94. The standard InChI is InChI=1S/C20H27N3O/c1-5-14(12-24-4)20(21)18-10-13(2)22-19-11-16(8-9-17(18)19)23(3)15-6-7-15/h8-11,14-15,21H,5-7,12H2,1-4H3/t14-/m1/s1. The van der Waals surface area contributed by atoms with Gasteiger partial charge in [-0.1, -0.05) is 13.0 Å². The van der Waals surface area contributed by atoms with Crippen LogP contribution < -0.4 is 4.90 Å². The molecule has 1 aliphatic carbocycles. The van der Waals surface area contributed by atoms with Crippen LogP contribution in [0.25, 0.3) is 10.9 Å². The molecule has 1 N–H and O–H groups in total. The van der Waals surface area contributed by atoms with Gasteiger partial charge in [0.15, 0.2) is 0 Å². The third kappa shape index (κ3) is 3.29. The van der Waals surface area contributed by atoms with Gasteiger partial charge in [-0.15, -0.1) is 0 Å². The van der Waals surface area contributed by atoms with Crippen LogP contribution in [0.2, 0.25) is 0 Å². The van der Waals surface area contributed by atoms with Crippen LogP contribution in [-0.2, 0) is 4.74 Å². The van der Waals surface area contributed by atoms with Crippen LogP contribution >= 0.6 is 0 Å². The van der Waals surface area contributed by atoms with Crippen LogP contribution in [0.3, 0.4) is 0 Å². The number of pyridine rings is 1. The first-order valence-electron chi connectivity index (χ1n) is 8.77. The fraction of sp³-hybridized carbons (Fsp3) is 0.500. The second-order valence-electron chi connectivity index (χ2n) is 6.83. The molecule has 1 aromatic carbocycles. The molecule has 0 saturated heterocycles. The lowest BCUT2D eigenvalue weighted by Crippen LogP contribution is -2.20. The number of benzene rings is 1. The number of aryl methyl sites for hydroxylation is 1. The molecule has 2 aromatic rings. The molecule has 1 aliphatic rings. The number of hydrogen-bond donors (Lipinski definition) is 1. The number of nitrogens with one attached hydrogen (secondary N) is 1. The topological polar surface area (TPSA) is 49.2 Å². The van der Waals surface area contributed by atoms with Crippen molar-refractivity contribution in [2.45, 2.75) is 39.2 Å². The highest BCUT2D eigenvalue weighted by atomic mass is 16.5. The lowest BCUT2D eigenvalue weighted by Gasteiger charge is -2.21. The molecule has 1 aromatic heterocycles. The Morgan fingerprint density at radius 1 is 1.38 bits per heavy atom. The first kappa shape index (κ1) is 16.9. The van der Waals surface area contributed by atoms with Gasteiger partial charge in [-0.3, -0.25) is 4.98 Å². The highest BCUT2D eigenvalue weighted by molar-refractivity contribution is 6.10. The highest BCUT2D eigenvalue weighted by Crippen LogP contribution is 2.32. The van der Waals surface area contributed by atoms with E-state index in [9.17, 15) is 0 Å². The van der Waals surface area contributed by atoms with E-state index in [0.29, 0.717) is 18.4 Å². The number of hydrogen-bond acceptors (Lipinski definition) is 4. The number of methoxy groups -OCH3 is 1. The van der Waals surface area contributed by atoms with Gasteiger partial charge in [0.05, 0.1) is 12.1 Å². The molecule has 0 amide bonds. The van der Waals surface area contributed by atoms with Gasteiger partial charge in [0.25, 0.3) is 0 Å². The van der Waals surface area contributed by atoms with Crippen molar-refractivity contribution in [3.05, 3.63) is 35.5 Å². The first-order valence-corrected chi connectivity index (χ1v) is 8.77. The zero-order valence-corrected chi connectivity index (χ0v) is 15.1. The maximum atomic E-state index is 8.67. The zero-order chi connectivity index (χ0) is 17.3. The number of fused-ring (bicyclic) bond motifs is 1. The molecule has 4 nitrogen and oxygen atoms in total. The molecule has 4 heteroatoms. The van der Waals surface area contributed by atoms with Gasteiger partial charge in [0.2, 0.25) is 0 Å². The van der Waals surface area contributed by atoms with Crippen molar-refractivity contribution in [3.63, 3.8) is 0 Å².